The number of hydrogen-bond donors (Lipinski definition) is 1. The van der Waals surface area contributed by atoms with Crippen LogP contribution in [0.4, 0.5) is 5.69 Å². The van der Waals surface area contributed by atoms with E-state index in [2.05, 4.69) is 15.2 Å². The van der Waals surface area contributed by atoms with Crippen LogP contribution in [0, 0.1) is 10.1 Å². The van der Waals surface area contributed by atoms with Crippen molar-refractivity contribution in [1.82, 2.24) is 14.9 Å². The highest BCUT2D eigenvalue weighted by Crippen LogP contribution is 2.35. The van der Waals surface area contributed by atoms with Crippen molar-refractivity contribution >= 4 is 33.4 Å². The number of nitro groups is 1. The van der Waals surface area contributed by atoms with Gasteiger partial charge in [0.15, 0.2) is 0 Å². The predicted octanol–water partition coefficient (Wildman–Crippen LogP) is 4.39. The summed E-state index contributed by atoms with van der Waals surface area (Å²) in [7, 11) is 3.38. The number of unbranched alkanes of at least 4 members (excludes halogenated alkanes) is 1. The van der Waals surface area contributed by atoms with Gasteiger partial charge in [0.25, 0.3) is 11.6 Å². The third-order valence-electron chi connectivity index (χ3n) is 5.50. The van der Waals surface area contributed by atoms with Crippen LogP contribution in [-0.2, 0) is 16.8 Å². The number of aryl methyl sites for hydroxylation is 1. The zero-order chi connectivity index (χ0) is 23.4. The minimum Gasteiger partial charge on any atom is -0.351 e. The summed E-state index contributed by atoms with van der Waals surface area (Å²) in [4.78, 5) is 37.9. The molecule has 0 saturated carbocycles. The first-order valence-corrected chi connectivity index (χ1v) is 10.6. The van der Waals surface area contributed by atoms with Crippen LogP contribution in [-0.4, -0.2) is 40.6 Å². The van der Waals surface area contributed by atoms with Gasteiger partial charge in [-0.1, -0.05) is 30.3 Å². The number of nitro benzene ring substituents is 1. The van der Waals surface area contributed by atoms with Crippen molar-refractivity contribution in [1.29, 1.82) is 0 Å². The molecule has 0 aliphatic carbocycles. The number of amides is 1. The topological polar surface area (TPSA) is 109 Å². The first kappa shape index (κ1) is 22.4. The third-order valence-corrected chi connectivity index (χ3v) is 5.50. The number of rotatable bonds is 9. The van der Waals surface area contributed by atoms with E-state index in [9.17, 15) is 14.9 Å². The Labute approximate surface area is 190 Å². The molecule has 2 heterocycles. The van der Waals surface area contributed by atoms with E-state index in [-0.39, 0.29) is 17.3 Å². The van der Waals surface area contributed by atoms with Crippen molar-refractivity contribution in [2.45, 2.75) is 12.8 Å². The molecule has 9 heteroatoms. The summed E-state index contributed by atoms with van der Waals surface area (Å²) in [5, 5.41) is 16.1. The summed E-state index contributed by atoms with van der Waals surface area (Å²) < 4.78 is 2.00. The number of hydrogen-bond acceptors (Lipinski definition) is 6. The van der Waals surface area contributed by atoms with Gasteiger partial charge in [-0.15, -0.1) is 0 Å². The summed E-state index contributed by atoms with van der Waals surface area (Å²) in [6.07, 6.45) is 1.46. The monoisotopic (exact) mass is 448 g/mol. The van der Waals surface area contributed by atoms with Crippen molar-refractivity contribution in [3.8, 4) is 11.3 Å². The number of carbonyl (C=O) groups excluding carboxylic acids is 1. The van der Waals surface area contributed by atoms with Crippen LogP contribution in [0.15, 0.2) is 54.6 Å². The summed E-state index contributed by atoms with van der Waals surface area (Å²) in [5.74, 6) is -0.302. The van der Waals surface area contributed by atoms with Crippen LogP contribution < -0.4 is 5.32 Å². The number of nitrogens with zero attached hydrogens (tertiary/aromatic N) is 3. The van der Waals surface area contributed by atoms with Crippen LogP contribution in [0.1, 0.15) is 23.3 Å². The molecule has 1 N–H and O–H groups in total. The molecule has 2 aromatic carbocycles. The maximum absolute atomic E-state index is 12.9. The fourth-order valence-corrected chi connectivity index (χ4v) is 3.94. The lowest BCUT2D eigenvalue weighted by molar-refractivity contribution is -0.384. The van der Waals surface area contributed by atoms with E-state index < -0.39 is 4.92 Å². The summed E-state index contributed by atoms with van der Waals surface area (Å²) in [6.45, 7) is 0.914. The molecule has 0 atom stereocenters. The molecule has 2 aromatic heterocycles. The molecule has 1 amide bonds. The van der Waals surface area contributed by atoms with Crippen LogP contribution in [0.25, 0.3) is 33.1 Å². The molecule has 0 bridgehead atoms. The average molecular weight is 448 g/mol. The molecular formula is C24H24N4O5. The largest absolute Gasteiger partial charge is 0.351 e. The van der Waals surface area contributed by atoms with Gasteiger partial charge in [-0.05, 0) is 25.0 Å². The van der Waals surface area contributed by atoms with Gasteiger partial charge < -0.3 is 9.88 Å². The Morgan fingerprint density at radius 3 is 2.73 bits per heavy atom. The summed E-state index contributed by atoms with van der Waals surface area (Å²) in [5.41, 5.74) is 3.12. The third kappa shape index (κ3) is 4.55. The molecule has 170 valence electrons. The van der Waals surface area contributed by atoms with E-state index in [4.69, 9.17) is 4.89 Å². The molecule has 0 unspecified atom stereocenters. The zero-order valence-corrected chi connectivity index (χ0v) is 18.4. The lowest BCUT2D eigenvalue weighted by Crippen LogP contribution is -2.25. The smallest absolute Gasteiger partial charge is 0.270 e. The lowest BCUT2D eigenvalue weighted by atomic mass is 10.1. The van der Waals surface area contributed by atoms with Crippen molar-refractivity contribution in [2.75, 3.05) is 20.3 Å². The Morgan fingerprint density at radius 2 is 1.94 bits per heavy atom. The van der Waals surface area contributed by atoms with Gasteiger partial charge >= 0.3 is 0 Å². The fraction of sp³-hybridized carbons (Fsp3) is 0.250. The molecule has 0 saturated heterocycles. The zero-order valence-electron chi connectivity index (χ0n) is 18.4. The predicted molar refractivity (Wildman–Crippen MR) is 125 cm³/mol. The van der Waals surface area contributed by atoms with Gasteiger partial charge in [0.05, 0.1) is 29.9 Å². The highest BCUT2D eigenvalue weighted by Gasteiger charge is 2.20. The lowest BCUT2D eigenvalue weighted by Gasteiger charge is -2.10. The molecule has 0 spiro atoms. The van der Waals surface area contributed by atoms with E-state index in [0.29, 0.717) is 24.4 Å². The number of pyridine rings is 1. The second-order valence-electron chi connectivity index (χ2n) is 7.59. The van der Waals surface area contributed by atoms with Crippen LogP contribution in [0.3, 0.4) is 0 Å². The Bertz CT molecular complexity index is 1330. The van der Waals surface area contributed by atoms with E-state index in [1.165, 1.54) is 19.2 Å². The van der Waals surface area contributed by atoms with Crippen molar-refractivity contribution < 1.29 is 19.5 Å². The SMILES string of the molecule is COOCCCCNC(=O)c1cc2c3ccccc3n(C)c2c(-c2cccc([N+](=O)[O-])c2)n1. The summed E-state index contributed by atoms with van der Waals surface area (Å²) >= 11 is 0. The molecule has 0 fully saturated rings. The number of nitrogens with one attached hydrogen (secondary N) is 1. The maximum Gasteiger partial charge on any atom is 0.270 e. The van der Waals surface area contributed by atoms with Gasteiger partial charge in [0.2, 0.25) is 0 Å². The quantitative estimate of drug-likeness (QED) is 0.176. The van der Waals surface area contributed by atoms with Crippen LogP contribution in [0.2, 0.25) is 0 Å². The molecule has 0 radical (unpaired) electrons. The Balaban J connectivity index is 1.78. The molecule has 33 heavy (non-hydrogen) atoms. The number of benzene rings is 2. The molecule has 0 aliphatic heterocycles. The molecule has 0 aliphatic rings. The summed E-state index contributed by atoms with van der Waals surface area (Å²) in [6, 6.07) is 16.0. The number of carbonyl (C=O) groups is 1. The van der Waals surface area contributed by atoms with Gasteiger partial charge in [-0.25, -0.2) is 14.8 Å². The van der Waals surface area contributed by atoms with E-state index in [1.54, 1.807) is 18.2 Å². The molecule has 9 nitrogen and oxygen atoms in total. The first-order valence-electron chi connectivity index (χ1n) is 10.6. The van der Waals surface area contributed by atoms with Crippen molar-refractivity contribution in [2.24, 2.45) is 7.05 Å². The number of aromatic nitrogens is 2. The van der Waals surface area contributed by atoms with E-state index in [1.807, 2.05) is 35.9 Å². The fourth-order valence-electron chi connectivity index (χ4n) is 3.94. The van der Waals surface area contributed by atoms with Gasteiger partial charge in [0.1, 0.15) is 5.69 Å². The van der Waals surface area contributed by atoms with E-state index >= 15 is 0 Å². The average Bonchev–Trinajstić information content (AvgIpc) is 3.13. The molecular weight excluding hydrogens is 424 g/mol. The number of para-hydroxylation sites is 1. The Kier molecular flexibility index (Phi) is 6.62. The van der Waals surface area contributed by atoms with Crippen molar-refractivity contribution in [3.05, 3.63) is 70.4 Å². The molecule has 4 aromatic rings. The first-order chi connectivity index (χ1) is 16.0. The van der Waals surface area contributed by atoms with Gasteiger partial charge in [0, 0.05) is 47.6 Å². The van der Waals surface area contributed by atoms with Gasteiger partial charge in [-0.3, -0.25) is 14.9 Å². The minimum atomic E-state index is -0.438. The highest BCUT2D eigenvalue weighted by molar-refractivity contribution is 6.13. The van der Waals surface area contributed by atoms with Crippen LogP contribution in [0.5, 0.6) is 0 Å². The number of fused-ring (bicyclic) bond motifs is 3. The van der Waals surface area contributed by atoms with Crippen molar-refractivity contribution in [3.63, 3.8) is 0 Å². The van der Waals surface area contributed by atoms with E-state index in [0.717, 1.165) is 34.6 Å². The Hall–Kier alpha value is -3.82. The highest BCUT2D eigenvalue weighted by atomic mass is 17.2. The number of non-ortho nitro benzene ring substituents is 1. The molecule has 4 rings (SSSR count). The second kappa shape index (κ2) is 9.76. The normalized spacial score (nSPS) is 11.2. The van der Waals surface area contributed by atoms with Gasteiger partial charge in [-0.2, -0.15) is 0 Å². The maximum atomic E-state index is 12.9. The standard InChI is InChI=1S/C24H24N4O5/c1-27-21-11-4-3-10-18(21)19-15-20(24(29)25-12-5-6-13-33-32-2)26-22(23(19)27)16-8-7-9-17(14-16)28(30)31/h3-4,7-11,14-15H,5-6,12-13H2,1-2H3,(H,25,29). The minimum absolute atomic E-state index is 0.0330. The van der Waals surface area contributed by atoms with Crippen LogP contribution >= 0.6 is 0 Å². The Morgan fingerprint density at radius 1 is 1.12 bits per heavy atom. The second-order valence-corrected chi connectivity index (χ2v) is 7.59.